The molecule has 0 aliphatic carbocycles. The zero-order valence-corrected chi connectivity index (χ0v) is 9.44. The zero-order valence-electron chi connectivity index (χ0n) is 8.68. The Morgan fingerprint density at radius 3 is 2.58 bits per heavy atom. The highest BCUT2D eigenvalue weighted by Crippen LogP contribution is 2.38. The molecule has 2 heterocycles. The lowest BCUT2D eigenvalue weighted by molar-refractivity contribution is -0.384. The van der Waals surface area contributed by atoms with Gasteiger partial charge in [-0.05, 0) is 0 Å². The smallest absolute Gasteiger partial charge is 0.419 e. The van der Waals surface area contributed by atoms with Crippen molar-refractivity contribution in [1.82, 2.24) is 15.2 Å². The lowest BCUT2D eigenvalue weighted by Crippen LogP contribution is -2.09. The van der Waals surface area contributed by atoms with Gasteiger partial charge in [-0.2, -0.15) is 13.2 Å². The molecular formula is C8H2ClF3N4O3. The van der Waals surface area contributed by atoms with Gasteiger partial charge in [0.05, 0.1) is 10.5 Å². The van der Waals surface area contributed by atoms with Crippen molar-refractivity contribution in [2.75, 3.05) is 0 Å². The first kappa shape index (κ1) is 13.2. The molecule has 2 rings (SSSR count). The Balaban J connectivity index is 2.70. The molecule has 0 aliphatic heterocycles. The third-order valence-electron chi connectivity index (χ3n) is 2.02. The SMILES string of the molecule is O=[N+]([O-])c1cc(C(F)(F)F)c(Cl)nc1-c1nnco1. The number of hydrogen-bond donors (Lipinski definition) is 0. The molecule has 0 fully saturated rings. The Morgan fingerprint density at radius 2 is 2.11 bits per heavy atom. The maximum Gasteiger partial charge on any atom is 0.419 e. The third kappa shape index (κ3) is 2.47. The normalized spacial score (nSPS) is 11.6. The number of aromatic nitrogens is 3. The molecule has 0 amide bonds. The summed E-state index contributed by atoms with van der Waals surface area (Å²) in [4.78, 5) is 13.0. The fourth-order valence-electron chi connectivity index (χ4n) is 1.25. The van der Waals surface area contributed by atoms with Gasteiger partial charge in [-0.15, -0.1) is 10.2 Å². The van der Waals surface area contributed by atoms with E-state index in [1.165, 1.54) is 0 Å². The Kier molecular flexibility index (Phi) is 3.10. The Bertz CT molecular complexity index is 629. The number of alkyl halides is 3. The first-order chi connectivity index (χ1) is 8.80. The molecule has 0 atom stereocenters. The van der Waals surface area contributed by atoms with Gasteiger partial charge < -0.3 is 4.42 Å². The van der Waals surface area contributed by atoms with Gasteiger partial charge in [0, 0.05) is 6.07 Å². The summed E-state index contributed by atoms with van der Waals surface area (Å²) in [6, 6.07) is 0.273. The molecule has 0 aromatic carbocycles. The monoisotopic (exact) mass is 294 g/mol. The summed E-state index contributed by atoms with van der Waals surface area (Å²) in [7, 11) is 0. The average molecular weight is 295 g/mol. The van der Waals surface area contributed by atoms with Gasteiger partial charge in [-0.1, -0.05) is 11.6 Å². The van der Waals surface area contributed by atoms with Gasteiger partial charge in [0.2, 0.25) is 12.1 Å². The molecule has 0 N–H and O–H groups in total. The molecule has 0 saturated heterocycles. The summed E-state index contributed by atoms with van der Waals surface area (Å²) in [5.41, 5.74) is -2.87. The second kappa shape index (κ2) is 4.46. The predicted molar refractivity (Wildman–Crippen MR) is 54.2 cm³/mol. The van der Waals surface area contributed by atoms with Crippen molar-refractivity contribution in [2.45, 2.75) is 6.18 Å². The van der Waals surface area contributed by atoms with E-state index < -0.39 is 39.1 Å². The van der Waals surface area contributed by atoms with Gasteiger partial charge in [0.25, 0.3) is 5.89 Å². The first-order valence-electron chi connectivity index (χ1n) is 4.49. The number of nitrogens with zero attached hydrogens (tertiary/aromatic N) is 4. The van der Waals surface area contributed by atoms with Crippen LogP contribution in [0.3, 0.4) is 0 Å². The van der Waals surface area contributed by atoms with Crippen LogP contribution in [0, 0.1) is 10.1 Å². The Morgan fingerprint density at radius 1 is 1.42 bits per heavy atom. The van der Waals surface area contributed by atoms with E-state index in [1.807, 2.05) is 0 Å². The van der Waals surface area contributed by atoms with Crippen LogP contribution in [0.15, 0.2) is 16.9 Å². The minimum atomic E-state index is -4.86. The second-order valence-electron chi connectivity index (χ2n) is 3.19. The number of halogens is 4. The molecule has 100 valence electrons. The minimum Gasteiger partial charge on any atom is -0.422 e. The van der Waals surface area contributed by atoms with Gasteiger partial charge in [0.1, 0.15) is 5.15 Å². The predicted octanol–water partition coefficient (Wildman–Crippen LogP) is 2.71. The Hall–Kier alpha value is -2.23. The quantitative estimate of drug-likeness (QED) is 0.480. The molecule has 7 nitrogen and oxygen atoms in total. The van der Waals surface area contributed by atoms with Gasteiger partial charge in [-0.3, -0.25) is 10.1 Å². The first-order valence-corrected chi connectivity index (χ1v) is 4.87. The third-order valence-corrected chi connectivity index (χ3v) is 2.31. The lowest BCUT2D eigenvalue weighted by atomic mass is 10.2. The van der Waals surface area contributed by atoms with Crippen LogP contribution < -0.4 is 0 Å². The molecule has 11 heteroatoms. The van der Waals surface area contributed by atoms with E-state index in [0.29, 0.717) is 0 Å². The van der Waals surface area contributed by atoms with Crippen LogP contribution in [-0.2, 0) is 6.18 Å². The van der Waals surface area contributed by atoms with Crippen molar-refractivity contribution in [3.05, 3.63) is 33.3 Å². The standard InChI is InChI=1S/C8H2ClF3N4O3/c9-6-3(8(10,11)12)1-4(16(17)18)5(14-6)7-15-13-2-19-7/h1-2H. The molecule has 0 bridgehead atoms. The van der Waals surface area contributed by atoms with E-state index in [0.717, 1.165) is 6.39 Å². The van der Waals surface area contributed by atoms with Crippen molar-refractivity contribution >= 4 is 17.3 Å². The van der Waals surface area contributed by atoms with Crippen LogP contribution in [0.5, 0.6) is 0 Å². The van der Waals surface area contributed by atoms with Gasteiger partial charge in [-0.25, -0.2) is 4.98 Å². The minimum absolute atomic E-state index is 0.273. The average Bonchev–Trinajstić information content (AvgIpc) is 2.79. The van der Waals surface area contributed by atoms with Crippen LogP contribution in [0.25, 0.3) is 11.6 Å². The Labute approximate surface area is 107 Å². The largest absolute Gasteiger partial charge is 0.422 e. The van der Waals surface area contributed by atoms with Crippen molar-refractivity contribution < 1.29 is 22.5 Å². The van der Waals surface area contributed by atoms with Crippen LogP contribution in [0.2, 0.25) is 5.15 Å². The molecule has 0 radical (unpaired) electrons. The summed E-state index contributed by atoms with van der Waals surface area (Å²) in [6.45, 7) is 0. The van der Waals surface area contributed by atoms with E-state index in [-0.39, 0.29) is 6.07 Å². The zero-order chi connectivity index (χ0) is 14.2. The van der Waals surface area contributed by atoms with Crippen LogP contribution >= 0.6 is 11.6 Å². The fourth-order valence-corrected chi connectivity index (χ4v) is 1.50. The molecule has 0 spiro atoms. The maximum absolute atomic E-state index is 12.6. The molecule has 2 aromatic rings. The van der Waals surface area contributed by atoms with E-state index in [4.69, 9.17) is 11.6 Å². The summed E-state index contributed by atoms with van der Waals surface area (Å²) in [6.07, 6.45) is -4.01. The highest BCUT2D eigenvalue weighted by molar-refractivity contribution is 6.30. The topological polar surface area (TPSA) is 95.0 Å². The van der Waals surface area contributed by atoms with Crippen LogP contribution in [-0.4, -0.2) is 20.1 Å². The van der Waals surface area contributed by atoms with Crippen molar-refractivity contribution in [3.63, 3.8) is 0 Å². The molecule has 19 heavy (non-hydrogen) atoms. The van der Waals surface area contributed by atoms with Crippen LogP contribution in [0.1, 0.15) is 5.56 Å². The summed E-state index contributed by atoms with van der Waals surface area (Å²) >= 11 is 5.36. The van der Waals surface area contributed by atoms with Crippen molar-refractivity contribution in [1.29, 1.82) is 0 Å². The van der Waals surface area contributed by atoms with E-state index in [2.05, 4.69) is 19.6 Å². The maximum atomic E-state index is 12.6. The number of hydrogen-bond acceptors (Lipinski definition) is 6. The van der Waals surface area contributed by atoms with E-state index in [9.17, 15) is 23.3 Å². The van der Waals surface area contributed by atoms with E-state index in [1.54, 1.807) is 0 Å². The number of rotatable bonds is 2. The van der Waals surface area contributed by atoms with Crippen molar-refractivity contribution in [3.8, 4) is 11.6 Å². The highest BCUT2D eigenvalue weighted by atomic mass is 35.5. The fraction of sp³-hybridized carbons (Fsp3) is 0.125. The van der Waals surface area contributed by atoms with Gasteiger partial charge >= 0.3 is 11.9 Å². The van der Waals surface area contributed by atoms with Crippen LogP contribution in [0.4, 0.5) is 18.9 Å². The summed E-state index contributed by atoms with van der Waals surface area (Å²) in [5.74, 6) is -0.401. The number of nitro groups is 1. The second-order valence-corrected chi connectivity index (χ2v) is 3.55. The molecule has 0 saturated carbocycles. The number of pyridine rings is 1. The van der Waals surface area contributed by atoms with Crippen molar-refractivity contribution in [2.24, 2.45) is 0 Å². The molecule has 0 unspecified atom stereocenters. The molecule has 2 aromatic heterocycles. The summed E-state index contributed by atoms with van der Waals surface area (Å²) in [5, 5.41) is 16.4. The van der Waals surface area contributed by atoms with Gasteiger partial charge in [0.15, 0.2) is 0 Å². The lowest BCUT2D eigenvalue weighted by Gasteiger charge is -2.08. The highest BCUT2D eigenvalue weighted by Gasteiger charge is 2.38. The summed E-state index contributed by atoms with van der Waals surface area (Å²) < 4.78 is 42.4. The van der Waals surface area contributed by atoms with E-state index >= 15 is 0 Å². The molecular weight excluding hydrogens is 293 g/mol. The molecule has 0 aliphatic rings.